The maximum absolute atomic E-state index is 6.18. The highest BCUT2D eigenvalue weighted by molar-refractivity contribution is 6.35. The van der Waals surface area contributed by atoms with Gasteiger partial charge >= 0.3 is 0 Å². The Morgan fingerprint density at radius 3 is 3.00 bits per heavy atom. The first-order chi connectivity index (χ1) is 7.77. The second-order valence-corrected chi connectivity index (χ2v) is 4.21. The van der Waals surface area contributed by atoms with Gasteiger partial charge in [-0.25, -0.2) is 4.99 Å². The number of fused-ring (bicyclic) bond motifs is 1. The first kappa shape index (κ1) is 9.73. The van der Waals surface area contributed by atoms with E-state index in [1.807, 2.05) is 29.8 Å². The molecule has 82 valence electrons. The van der Waals surface area contributed by atoms with Crippen molar-refractivity contribution < 1.29 is 4.74 Å². The minimum atomic E-state index is 0.671. The summed E-state index contributed by atoms with van der Waals surface area (Å²) in [5, 5.41) is 1.87. The van der Waals surface area contributed by atoms with Crippen LogP contribution < -0.4 is 0 Å². The van der Waals surface area contributed by atoms with Crippen molar-refractivity contribution in [2.45, 2.75) is 0 Å². The summed E-state index contributed by atoms with van der Waals surface area (Å²) >= 11 is 6.18. The van der Waals surface area contributed by atoms with Gasteiger partial charge in [-0.05, 0) is 12.1 Å². The van der Waals surface area contributed by atoms with Crippen molar-refractivity contribution >= 4 is 28.4 Å². The van der Waals surface area contributed by atoms with Gasteiger partial charge in [-0.15, -0.1) is 0 Å². The standard InChI is InChI=1S/C12H11ClN2O/c1-15-10(12-14-5-6-16-12)7-8-3-2-4-9(13)11(8)15/h2-4,7H,5-6H2,1H3. The van der Waals surface area contributed by atoms with Crippen molar-refractivity contribution in [2.75, 3.05) is 13.2 Å². The van der Waals surface area contributed by atoms with Gasteiger partial charge in [0.1, 0.15) is 12.3 Å². The lowest BCUT2D eigenvalue weighted by molar-refractivity contribution is 0.346. The van der Waals surface area contributed by atoms with Crippen LogP contribution in [0.3, 0.4) is 0 Å². The van der Waals surface area contributed by atoms with E-state index in [1.165, 1.54) is 0 Å². The first-order valence-corrected chi connectivity index (χ1v) is 5.57. The van der Waals surface area contributed by atoms with Crippen molar-refractivity contribution in [1.29, 1.82) is 0 Å². The quantitative estimate of drug-likeness (QED) is 0.745. The summed E-state index contributed by atoms with van der Waals surface area (Å²) in [5.74, 6) is 0.717. The van der Waals surface area contributed by atoms with Crippen LogP contribution in [-0.2, 0) is 11.8 Å². The number of hydrogen-bond acceptors (Lipinski definition) is 2. The number of benzene rings is 1. The van der Waals surface area contributed by atoms with Gasteiger partial charge in [0.15, 0.2) is 0 Å². The average molecular weight is 235 g/mol. The van der Waals surface area contributed by atoms with E-state index in [9.17, 15) is 0 Å². The number of aromatic nitrogens is 1. The molecule has 0 bridgehead atoms. The summed E-state index contributed by atoms with van der Waals surface area (Å²) in [6.07, 6.45) is 0. The molecule has 1 aromatic carbocycles. The van der Waals surface area contributed by atoms with Crippen molar-refractivity contribution in [3.05, 3.63) is 35.0 Å². The molecule has 1 aliphatic rings. The molecule has 0 unspecified atom stereocenters. The van der Waals surface area contributed by atoms with E-state index in [0.29, 0.717) is 6.61 Å². The van der Waals surface area contributed by atoms with Crippen LogP contribution in [0.25, 0.3) is 10.9 Å². The molecule has 2 heterocycles. The third kappa shape index (κ3) is 1.32. The van der Waals surface area contributed by atoms with Gasteiger partial charge in [0, 0.05) is 12.4 Å². The van der Waals surface area contributed by atoms with Crippen LogP contribution in [0.1, 0.15) is 5.69 Å². The van der Waals surface area contributed by atoms with Gasteiger partial charge in [-0.3, -0.25) is 0 Å². The van der Waals surface area contributed by atoms with E-state index in [0.717, 1.165) is 34.1 Å². The van der Waals surface area contributed by atoms with E-state index in [2.05, 4.69) is 11.1 Å². The fourth-order valence-corrected chi connectivity index (χ4v) is 2.37. The summed E-state index contributed by atoms with van der Waals surface area (Å²) in [7, 11) is 1.98. The molecule has 0 amide bonds. The van der Waals surface area contributed by atoms with Crippen molar-refractivity contribution in [1.82, 2.24) is 4.57 Å². The van der Waals surface area contributed by atoms with Crippen LogP contribution >= 0.6 is 11.6 Å². The number of ether oxygens (including phenoxy) is 1. The highest BCUT2D eigenvalue weighted by atomic mass is 35.5. The number of aliphatic imine (C=N–C) groups is 1. The molecule has 1 aliphatic heterocycles. The largest absolute Gasteiger partial charge is 0.474 e. The van der Waals surface area contributed by atoms with E-state index in [-0.39, 0.29) is 0 Å². The van der Waals surface area contributed by atoms with Crippen LogP contribution in [-0.4, -0.2) is 23.6 Å². The molecular formula is C12H11ClN2O. The maximum atomic E-state index is 6.18. The van der Waals surface area contributed by atoms with Gasteiger partial charge in [-0.2, -0.15) is 0 Å². The fraction of sp³-hybridized carbons (Fsp3) is 0.250. The number of nitrogens with zero attached hydrogens (tertiary/aromatic N) is 2. The van der Waals surface area contributed by atoms with E-state index < -0.39 is 0 Å². The molecule has 0 atom stereocenters. The molecule has 4 heteroatoms. The lowest BCUT2D eigenvalue weighted by Gasteiger charge is -2.04. The SMILES string of the molecule is Cn1c(C2=NCCO2)cc2cccc(Cl)c21. The Labute approximate surface area is 98.3 Å². The van der Waals surface area contributed by atoms with Crippen LogP contribution in [0.15, 0.2) is 29.3 Å². The Morgan fingerprint density at radius 2 is 2.31 bits per heavy atom. The number of para-hydroxylation sites is 1. The molecular weight excluding hydrogens is 224 g/mol. The van der Waals surface area contributed by atoms with E-state index in [1.54, 1.807) is 0 Å². The highest BCUT2D eigenvalue weighted by Gasteiger charge is 2.16. The zero-order chi connectivity index (χ0) is 11.1. The normalized spacial score (nSPS) is 15.2. The second-order valence-electron chi connectivity index (χ2n) is 3.80. The third-order valence-corrected chi connectivity index (χ3v) is 3.12. The van der Waals surface area contributed by atoms with Gasteiger partial charge in [0.2, 0.25) is 5.90 Å². The number of halogens is 1. The molecule has 0 spiro atoms. The second kappa shape index (κ2) is 3.52. The monoisotopic (exact) mass is 234 g/mol. The predicted octanol–water partition coefficient (Wildman–Crippen LogP) is 2.61. The lowest BCUT2D eigenvalue weighted by atomic mass is 10.2. The van der Waals surface area contributed by atoms with Gasteiger partial charge in [0.25, 0.3) is 0 Å². The van der Waals surface area contributed by atoms with E-state index in [4.69, 9.17) is 16.3 Å². The summed E-state index contributed by atoms with van der Waals surface area (Å²) < 4.78 is 7.50. The molecule has 2 aromatic rings. The number of hydrogen-bond donors (Lipinski definition) is 0. The topological polar surface area (TPSA) is 26.5 Å². The summed E-state index contributed by atoms with van der Waals surface area (Å²) in [4.78, 5) is 4.32. The smallest absolute Gasteiger partial charge is 0.233 e. The Bertz CT molecular complexity index is 586. The molecule has 0 saturated heterocycles. The van der Waals surface area contributed by atoms with E-state index >= 15 is 0 Å². The Balaban J connectivity index is 2.27. The summed E-state index contributed by atoms with van der Waals surface area (Å²) in [6.45, 7) is 1.41. The Kier molecular flexibility index (Phi) is 2.14. The molecule has 0 fully saturated rings. The van der Waals surface area contributed by atoms with Crippen molar-refractivity contribution in [2.24, 2.45) is 12.0 Å². The number of rotatable bonds is 1. The van der Waals surface area contributed by atoms with Gasteiger partial charge < -0.3 is 9.30 Å². The minimum absolute atomic E-state index is 0.671. The maximum Gasteiger partial charge on any atom is 0.233 e. The molecule has 3 nitrogen and oxygen atoms in total. The van der Waals surface area contributed by atoms with Gasteiger partial charge in [-0.1, -0.05) is 23.7 Å². The molecule has 3 rings (SSSR count). The average Bonchev–Trinajstić information content (AvgIpc) is 2.86. The Morgan fingerprint density at radius 1 is 1.44 bits per heavy atom. The zero-order valence-corrected chi connectivity index (χ0v) is 9.66. The summed E-state index contributed by atoms with van der Waals surface area (Å²) in [6, 6.07) is 7.95. The summed E-state index contributed by atoms with van der Waals surface area (Å²) in [5.41, 5.74) is 2.01. The zero-order valence-electron chi connectivity index (χ0n) is 8.90. The first-order valence-electron chi connectivity index (χ1n) is 5.19. The molecule has 0 saturated carbocycles. The fourth-order valence-electron chi connectivity index (χ4n) is 2.06. The van der Waals surface area contributed by atoms with Crippen LogP contribution in [0, 0.1) is 0 Å². The lowest BCUT2D eigenvalue weighted by Crippen LogP contribution is -2.06. The molecule has 16 heavy (non-hydrogen) atoms. The molecule has 0 N–H and O–H groups in total. The van der Waals surface area contributed by atoms with Crippen LogP contribution in [0.4, 0.5) is 0 Å². The molecule has 1 aromatic heterocycles. The van der Waals surface area contributed by atoms with Crippen molar-refractivity contribution in [3.8, 4) is 0 Å². The highest BCUT2D eigenvalue weighted by Crippen LogP contribution is 2.26. The minimum Gasteiger partial charge on any atom is -0.474 e. The number of aryl methyl sites for hydroxylation is 1. The Hall–Kier alpha value is -1.48. The molecule has 0 aliphatic carbocycles. The predicted molar refractivity (Wildman–Crippen MR) is 65.3 cm³/mol. The van der Waals surface area contributed by atoms with Crippen LogP contribution in [0.2, 0.25) is 5.02 Å². The third-order valence-electron chi connectivity index (χ3n) is 2.81. The van der Waals surface area contributed by atoms with Crippen LogP contribution in [0.5, 0.6) is 0 Å². The van der Waals surface area contributed by atoms with Crippen molar-refractivity contribution in [3.63, 3.8) is 0 Å². The van der Waals surface area contributed by atoms with Gasteiger partial charge in [0.05, 0.1) is 17.1 Å². The molecule has 0 radical (unpaired) electrons.